The van der Waals surface area contributed by atoms with E-state index in [1.54, 1.807) is 9.80 Å². The summed E-state index contributed by atoms with van der Waals surface area (Å²) in [7, 11) is 0. The lowest BCUT2D eigenvalue weighted by Gasteiger charge is -2.32. The van der Waals surface area contributed by atoms with Crippen LogP contribution in [0.4, 0.5) is 21.9 Å². The molecule has 1 N–H and O–H groups in total. The molecule has 2 fully saturated rings. The lowest BCUT2D eigenvalue weighted by atomic mass is 10.1. The lowest BCUT2D eigenvalue weighted by molar-refractivity contribution is -0.125. The minimum absolute atomic E-state index is 0.0425. The van der Waals surface area contributed by atoms with Crippen molar-refractivity contribution in [2.75, 3.05) is 48.0 Å². The van der Waals surface area contributed by atoms with Crippen LogP contribution in [-0.4, -0.2) is 51.0 Å². The van der Waals surface area contributed by atoms with E-state index in [0.29, 0.717) is 26.3 Å². The molecule has 0 spiro atoms. The van der Waals surface area contributed by atoms with Crippen molar-refractivity contribution in [3.63, 3.8) is 0 Å². The van der Waals surface area contributed by atoms with Crippen molar-refractivity contribution in [1.29, 1.82) is 0 Å². The molecule has 3 aliphatic rings. The fourth-order valence-electron chi connectivity index (χ4n) is 2.97. The first-order chi connectivity index (χ1) is 10.2. The van der Waals surface area contributed by atoms with E-state index < -0.39 is 0 Å². The Morgan fingerprint density at radius 3 is 3.05 bits per heavy atom. The summed E-state index contributed by atoms with van der Waals surface area (Å²) in [4.78, 5) is 27.1. The molecular weight excluding hydrogens is 274 g/mol. The van der Waals surface area contributed by atoms with Gasteiger partial charge in [-0.1, -0.05) is 0 Å². The fraction of sp³-hybridized carbons (Fsp3) is 0.429. The summed E-state index contributed by atoms with van der Waals surface area (Å²) >= 11 is 0. The SMILES string of the molecule is O=C1COCCN1c1ccc2c(c1)NCC1COC(=O)N21. The minimum Gasteiger partial charge on any atom is -0.447 e. The van der Waals surface area contributed by atoms with Crippen molar-refractivity contribution >= 4 is 29.1 Å². The molecular formula is C14H15N3O4. The second-order valence-electron chi connectivity index (χ2n) is 5.28. The quantitative estimate of drug-likeness (QED) is 0.828. The van der Waals surface area contributed by atoms with Gasteiger partial charge in [0.15, 0.2) is 0 Å². The summed E-state index contributed by atoms with van der Waals surface area (Å²) in [5.74, 6) is -0.0459. The van der Waals surface area contributed by atoms with Crippen LogP contribution in [0.3, 0.4) is 0 Å². The van der Waals surface area contributed by atoms with Gasteiger partial charge in [0, 0.05) is 18.8 Å². The molecule has 0 saturated carbocycles. The van der Waals surface area contributed by atoms with E-state index in [1.165, 1.54) is 0 Å². The van der Waals surface area contributed by atoms with Gasteiger partial charge in [-0.3, -0.25) is 9.69 Å². The van der Waals surface area contributed by atoms with Crippen molar-refractivity contribution in [2.24, 2.45) is 0 Å². The summed E-state index contributed by atoms with van der Waals surface area (Å²) in [6.07, 6.45) is -0.307. The molecule has 1 atom stereocenters. The van der Waals surface area contributed by atoms with E-state index in [0.717, 1.165) is 17.1 Å². The average molecular weight is 289 g/mol. The number of cyclic esters (lactones) is 1. The number of rotatable bonds is 1. The van der Waals surface area contributed by atoms with Gasteiger partial charge in [0.05, 0.1) is 24.0 Å². The molecule has 1 unspecified atom stereocenters. The number of carbonyl (C=O) groups excluding carboxylic acids is 2. The molecule has 1 aromatic carbocycles. The van der Waals surface area contributed by atoms with Gasteiger partial charge in [0.25, 0.3) is 5.91 Å². The molecule has 0 aliphatic carbocycles. The van der Waals surface area contributed by atoms with Gasteiger partial charge in [-0.2, -0.15) is 0 Å². The number of nitrogens with zero attached hydrogens (tertiary/aromatic N) is 2. The maximum absolute atomic E-state index is 11.9. The fourth-order valence-corrected chi connectivity index (χ4v) is 2.97. The molecule has 110 valence electrons. The maximum atomic E-state index is 11.9. The zero-order chi connectivity index (χ0) is 14.4. The number of fused-ring (bicyclic) bond motifs is 3. The van der Waals surface area contributed by atoms with E-state index in [4.69, 9.17) is 9.47 Å². The zero-order valence-electron chi connectivity index (χ0n) is 11.4. The van der Waals surface area contributed by atoms with Crippen LogP contribution in [0.1, 0.15) is 0 Å². The lowest BCUT2D eigenvalue weighted by Crippen LogP contribution is -2.43. The first-order valence-electron chi connectivity index (χ1n) is 6.96. The van der Waals surface area contributed by atoms with E-state index in [1.807, 2.05) is 18.2 Å². The molecule has 1 aromatic rings. The van der Waals surface area contributed by atoms with E-state index in [-0.39, 0.29) is 24.6 Å². The highest BCUT2D eigenvalue weighted by Crippen LogP contribution is 2.37. The maximum Gasteiger partial charge on any atom is 0.414 e. The number of benzene rings is 1. The molecule has 0 aromatic heterocycles. The first-order valence-corrected chi connectivity index (χ1v) is 6.96. The smallest absolute Gasteiger partial charge is 0.414 e. The predicted octanol–water partition coefficient (Wildman–Crippen LogP) is 0.800. The van der Waals surface area contributed by atoms with Crippen LogP contribution in [-0.2, 0) is 14.3 Å². The standard InChI is InChI=1S/C14H15N3O4/c18-13-8-20-4-3-16(13)9-1-2-12-11(5-9)15-6-10-7-21-14(19)17(10)12/h1-2,5,10,15H,3-4,6-8H2. The molecule has 3 heterocycles. The Kier molecular flexibility index (Phi) is 2.75. The number of morpholine rings is 1. The number of ether oxygens (including phenoxy) is 2. The van der Waals surface area contributed by atoms with Crippen molar-refractivity contribution in [2.45, 2.75) is 6.04 Å². The summed E-state index contributed by atoms with van der Waals surface area (Å²) in [6, 6.07) is 5.66. The number of anilines is 3. The predicted molar refractivity (Wildman–Crippen MR) is 75.7 cm³/mol. The molecule has 2 saturated heterocycles. The van der Waals surface area contributed by atoms with Crippen molar-refractivity contribution in [3.05, 3.63) is 18.2 Å². The summed E-state index contributed by atoms with van der Waals surface area (Å²) in [6.45, 7) is 2.27. The summed E-state index contributed by atoms with van der Waals surface area (Å²) < 4.78 is 10.2. The molecule has 0 bridgehead atoms. The van der Waals surface area contributed by atoms with Crippen LogP contribution in [0.25, 0.3) is 0 Å². The number of hydrogen-bond acceptors (Lipinski definition) is 5. The van der Waals surface area contributed by atoms with Crippen LogP contribution in [0, 0.1) is 0 Å². The Morgan fingerprint density at radius 2 is 2.19 bits per heavy atom. The third-order valence-corrected chi connectivity index (χ3v) is 4.03. The molecule has 3 aliphatic heterocycles. The Balaban J connectivity index is 1.68. The highest BCUT2D eigenvalue weighted by molar-refractivity contribution is 5.99. The summed E-state index contributed by atoms with van der Waals surface area (Å²) in [5, 5.41) is 3.31. The Bertz CT molecular complexity index is 618. The normalized spacial score (nSPS) is 24.3. The van der Waals surface area contributed by atoms with Crippen LogP contribution in [0.2, 0.25) is 0 Å². The van der Waals surface area contributed by atoms with Crippen molar-refractivity contribution in [1.82, 2.24) is 0 Å². The molecule has 7 nitrogen and oxygen atoms in total. The number of nitrogens with one attached hydrogen (secondary N) is 1. The first kappa shape index (κ1) is 12.5. The molecule has 21 heavy (non-hydrogen) atoms. The Labute approximate surface area is 121 Å². The van der Waals surface area contributed by atoms with Gasteiger partial charge >= 0.3 is 6.09 Å². The summed E-state index contributed by atoms with van der Waals surface area (Å²) in [5.41, 5.74) is 2.47. The molecule has 2 amide bonds. The van der Waals surface area contributed by atoms with Gasteiger partial charge in [-0.25, -0.2) is 4.79 Å². The second kappa shape index (κ2) is 4.63. The number of amides is 2. The third kappa shape index (κ3) is 1.92. The molecule has 7 heteroatoms. The van der Waals surface area contributed by atoms with Crippen LogP contribution in [0.15, 0.2) is 18.2 Å². The third-order valence-electron chi connectivity index (χ3n) is 4.03. The van der Waals surface area contributed by atoms with Crippen LogP contribution >= 0.6 is 0 Å². The largest absolute Gasteiger partial charge is 0.447 e. The monoisotopic (exact) mass is 289 g/mol. The van der Waals surface area contributed by atoms with Gasteiger partial charge in [0.2, 0.25) is 0 Å². The number of carbonyl (C=O) groups is 2. The Morgan fingerprint density at radius 1 is 1.29 bits per heavy atom. The van der Waals surface area contributed by atoms with Gasteiger partial charge in [0.1, 0.15) is 13.2 Å². The average Bonchev–Trinajstić information content (AvgIpc) is 2.89. The van der Waals surface area contributed by atoms with E-state index in [2.05, 4.69) is 5.32 Å². The minimum atomic E-state index is -0.307. The van der Waals surface area contributed by atoms with Crippen LogP contribution < -0.4 is 15.1 Å². The highest BCUT2D eigenvalue weighted by Gasteiger charge is 2.38. The van der Waals surface area contributed by atoms with Crippen molar-refractivity contribution < 1.29 is 19.1 Å². The Hall–Kier alpha value is -2.28. The number of hydrogen-bond donors (Lipinski definition) is 1. The zero-order valence-corrected chi connectivity index (χ0v) is 11.4. The molecule has 4 rings (SSSR count). The van der Waals surface area contributed by atoms with Crippen molar-refractivity contribution in [3.8, 4) is 0 Å². The second-order valence-corrected chi connectivity index (χ2v) is 5.28. The van der Waals surface area contributed by atoms with Gasteiger partial charge in [-0.05, 0) is 18.2 Å². The highest BCUT2D eigenvalue weighted by atomic mass is 16.6. The topological polar surface area (TPSA) is 71.1 Å². The van der Waals surface area contributed by atoms with Gasteiger partial charge < -0.3 is 19.7 Å². The van der Waals surface area contributed by atoms with E-state index in [9.17, 15) is 9.59 Å². The van der Waals surface area contributed by atoms with E-state index >= 15 is 0 Å². The van der Waals surface area contributed by atoms with Crippen LogP contribution in [0.5, 0.6) is 0 Å². The van der Waals surface area contributed by atoms with Gasteiger partial charge in [-0.15, -0.1) is 0 Å². The molecule has 0 radical (unpaired) electrons.